The zero-order valence-electron chi connectivity index (χ0n) is 19.1. The average Bonchev–Trinajstić information content (AvgIpc) is 2.90. The molecular weight excluding hydrogens is 432 g/mol. The summed E-state index contributed by atoms with van der Waals surface area (Å²) >= 11 is 0. The summed E-state index contributed by atoms with van der Waals surface area (Å²) in [5.41, 5.74) is 3.36. The van der Waals surface area contributed by atoms with Crippen molar-refractivity contribution < 1.29 is 28.5 Å². The lowest BCUT2D eigenvalue weighted by Crippen LogP contribution is -2.15. The molecule has 0 atom stereocenters. The van der Waals surface area contributed by atoms with Crippen molar-refractivity contribution in [1.29, 1.82) is 0 Å². The first-order valence-corrected chi connectivity index (χ1v) is 10.5. The van der Waals surface area contributed by atoms with Gasteiger partial charge in [0.2, 0.25) is 0 Å². The van der Waals surface area contributed by atoms with Gasteiger partial charge in [0.15, 0.2) is 23.0 Å². The van der Waals surface area contributed by atoms with E-state index in [9.17, 15) is 4.79 Å². The van der Waals surface area contributed by atoms with Gasteiger partial charge in [-0.3, -0.25) is 0 Å². The van der Waals surface area contributed by atoms with E-state index in [2.05, 4.69) is 23.7 Å². The van der Waals surface area contributed by atoms with Crippen molar-refractivity contribution in [2.75, 3.05) is 34.5 Å². The third-order valence-electron chi connectivity index (χ3n) is 5.05. The highest BCUT2D eigenvalue weighted by Crippen LogP contribution is 2.31. The van der Waals surface area contributed by atoms with Crippen LogP contribution in [0.25, 0.3) is 0 Å². The van der Waals surface area contributed by atoms with Crippen molar-refractivity contribution in [1.82, 2.24) is 0 Å². The minimum Gasteiger partial charge on any atom is -0.493 e. The van der Waals surface area contributed by atoms with Gasteiger partial charge in [0.05, 0.1) is 26.9 Å². The molecule has 0 aliphatic carbocycles. The molecule has 0 radical (unpaired) electrons. The molecule has 1 aliphatic rings. The summed E-state index contributed by atoms with van der Waals surface area (Å²) in [5, 5.41) is 0. The quantitative estimate of drug-likeness (QED) is 0.439. The molecule has 0 spiro atoms. The normalized spacial score (nSPS) is 11.3. The van der Waals surface area contributed by atoms with E-state index in [4.69, 9.17) is 23.7 Å². The van der Waals surface area contributed by atoms with E-state index in [1.807, 2.05) is 18.2 Å². The second-order valence-electron chi connectivity index (χ2n) is 7.18. The van der Waals surface area contributed by atoms with E-state index in [0.29, 0.717) is 52.9 Å². The molecule has 0 N–H and O–H groups in total. The van der Waals surface area contributed by atoms with Gasteiger partial charge >= 0.3 is 5.97 Å². The number of fused-ring (bicyclic) bond motifs is 1. The second-order valence-corrected chi connectivity index (χ2v) is 7.18. The molecule has 6 nitrogen and oxygen atoms in total. The Kier molecular flexibility index (Phi) is 6.91. The molecule has 0 saturated carbocycles. The highest BCUT2D eigenvalue weighted by Gasteiger charge is 2.12. The van der Waals surface area contributed by atoms with Crippen LogP contribution in [0.4, 0.5) is 0 Å². The van der Waals surface area contributed by atoms with Gasteiger partial charge in [-0.15, -0.1) is 0 Å². The van der Waals surface area contributed by atoms with Gasteiger partial charge in [-0.2, -0.15) is 0 Å². The van der Waals surface area contributed by atoms with E-state index < -0.39 is 5.97 Å². The van der Waals surface area contributed by atoms with Crippen LogP contribution in [-0.4, -0.2) is 40.5 Å². The maximum absolute atomic E-state index is 11.6. The number of hydrogen-bond acceptors (Lipinski definition) is 6. The molecule has 1 heterocycles. The standard InChI is InChI=1S/C28H22O6/c1-30-25-17-22(11-6-19-4-9-21(10-5-19)28(29)32-3)23(18-26(25)31-2)12-7-20-8-13-24-27(16-20)34-15-14-33-24/h4-5,8-10,13,16-18H,14-15H2,1-3H3. The summed E-state index contributed by atoms with van der Waals surface area (Å²) in [7, 11) is 4.49. The van der Waals surface area contributed by atoms with E-state index in [-0.39, 0.29) is 0 Å². The number of methoxy groups -OCH3 is 3. The van der Waals surface area contributed by atoms with Gasteiger partial charge in [-0.1, -0.05) is 23.7 Å². The zero-order chi connectivity index (χ0) is 23.9. The Hall–Kier alpha value is -4.55. The first-order chi connectivity index (χ1) is 16.6. The molecule has 0 bridgehead atoms. The fourth-order valence-corrected chi connectivity index (χ4v) is 3.29. The van der Waals surface area contributed by atoms with Gasteiger partial charge < -0.3 is 23.7 Å². The van der Waals surface area contributed by atoms with E-state index in [0.717, 1.165) is 11.1 Å². The molecule has 1 aliphatic heterocycles. The lowest BCUT2D eigenvalue weighted by Gasteiger charge is -2.17. The van der Waals surface area contributed by atoms with Crippen molar-refractivity contribution in [3.8, 4) is 46.7 Å². The predicted octanol–water partition coefficient (Wildman–Crippen LogP) is 4.06. The number of hydrogen-bond donors (Lipinski definition) is 0. The summed E-state index contributed by atoms with van der Waals surface area (Å²) in [4.78, 5) is 11.6. The molecule has 6 heteroatoms. The number of esters is 1. The van der Waals surface area contributed by atoms with E-state index in [1.165, 1.54) is 7.11 Å². The van der Waals surface area contributed by atoms with Gasteiger partial charge in [0.1, 0.15) is 13.2 Å². The lowest BCUT2D eigenvalue weighted by molar-refractivity contribution is 0.0600. The van der Waals surface area contributed by atoms with Crippen molar-refractivity contribution in [2.24, 2.45) is 0 Å². The van der Waals surface area contributed by atoms with Crippen LogP contribution < -0.4 is 18.9 Å². The number of ether oxygens (including phenoxy) is 5. The second kappa shape index (κ2) is 10.4. The SMILES string of the molecule is COC(=O)c1ccc(C#Cc2cc(OC)c(OC)cc2C#Cc2ccc3c(c2)OCCO3)cc1. The molecule has 0 aromatic heterocycles. The first-order valence-electron chi connectivity index (χ1n) is 10.5. The Bertz CT molecular complexity index is 1330. The van der Waals surface area contributed by atoms with Gasteiger partial charge in [-0.25, -0.2) is 4.79 Å². The van der Waals surface area contributed by atoms with E-state index >= 15 is 0 Å². The summed E-state index contributed by atoms with van der Waals surface area (Å²) < 4.78 is 26.8. The van der Waals surface area contributed by atoms with Gasteiger partial charge in [-0.05, 0) is 42.5 Å². The molecule has 0 fully saturated rings. The Labute approximate surface area is 198 Å². The molecule has 3 aromatic rings. The maximum atomic E-state index is 11.6. The summed E-state index contributed by atoms with van der Waals surface area (Å²) in [6.45, 7) is 1.05. The highest BCUT2D eigenvalue weighted by molar-refractivity contribution is 5.89. The van der Waals surface area contributed by atoms with Crippen LogP contribution in [0.5, 0.6) is 23.0 Å². The monoisotopic (exact) mass is 454 g/mol. The molecule has 0 unspecified atom stereocenters. The number of carbonyl (C=O) groups is 1. The number of carbonyl (C=O) groups excluding carboxylic acids is 1. The Balaban J connectivity index is 1.69. The number of benzene rings is 3. The lowest BCUT2D eigenvalue weighted by atomic mass is 10.0. The predicted molar refractivity (Wildman–Crippen MR) is 127 cm³/mol. The van der Waals surface area contributed by atoms with Crippen LogP contribution in [-0.2, 0) is 4.74 Å². The highest BCUT2D eigenvalue weighted by atomic mass is 16.6. The smallest absolute Gasteiger partial charge is 0.337 e. The largest absolute Gasteiger partial charge is 0.493 e. The van der Waals surface area contributed by atoms with Crippen LogP contribution in [0.1, 0.15) is 32.6 Å². The summed E-state index contributed by atoms with van der Waals surface area (Å²) in [6, 6.07) is 16.1. The van der Waals surface area contributed by atoms with Crippen LogP contribution in [0.3, 0.4) is 0 Å². The van der Waals surface area contributed by atoms with Gasteiger partial charge in [0.25, 0.3) is 0 Å². The third-order valence-corrected chi connectivity index (χ3v) is 5.05. The maximum Gasteiger partial charge on any atom is 0.337 e. The van der Waals surface area contributed by atoms with E-state index in [1.54, 1.807) is 50.6 Å². The summed E-state index contributed by atoms with van der Waals surface area (Å²) in [6.07, 6.45) is 0. The molecule has 0 amide bonds. The topological polar surface area (TPSA) is 63.2 Å². The molecule has 4 rings (SSSR count). The molecule has 34 heavy (non-hydrogen) atoms. The average molecular weight is 454 g/mol. The molecule has 170 valence electrons. The van der Waals surface area contributed by atoms with Crippen molar-refractivity contribution in [3.05, 3.63) is 82.4 Å². The Morgan fingerprint density at radius 3 is 1.85 bits per heavy atom. The van der Waals surface area contributed by atoms with Crippen molar-refractivity contribution in [2.45, 2.75) is 0 Å². The minimum atomic E-state index is -0.392. The fraction of sp³-hybridized carbons (Fsp3) is 0.179. The van der Waals surface area contributed by atoms with Crippen LogP contribution in [0, 0.1) is 23.7 Å². The number of rotatable bonds is 3. The fourth-order valence-electron chi connectivity index (χ4n) is 3.29. The summed E-state index contributed by atoms with van der Waals surface area (Å²) in [5.74, 6) is 14.7. The van der Waals surface area contributed by atoms with Crippen LogP contribution in [0.2, 0.25) is 0 Å². The van der Waals surface area contributed by atoms with Gasteiger partial charge in [0, 0.05) is 34.4 Å². The first kappa shape index (κ1) is 22.6. The minimum absolute atomic E-state index is 0.392. The van der Waals surface area contributed by atoms with Crippen molar-refractivity contribution in [3.63, 3.8) is 0 Å². The third kappa shape index (κ3) is 5.09. The van der Waals surface area contributed by atoms with Crippen LogP contribution >= 0.6 is 0 Å². The zero-order valence-corrected chi connectivity index (χ0v) is 19.1. The molecular formula is C28H22O6. The molecule has 3 aromatic carbocycles. The Morgan fingerprint density at radius 1 is 0.706 bits per heavy atom. The Morgan fingerprint density at radius 2 is 1.26 bits per heavy atom. The molecule has 0 saturated heterocycles. The van der Waals surface area contributed by atoms with Crippen LogP contribution in [0.15, 0.2) is 54.6 Å². The van der Waals surface area contributed by atoms with Crippen molar-refractivity contribution >= 4 is 5.97 Å².